The lowest BCUT2D eigenvalue weighted by Crippen LogP contribution is -2.10. The summed E-state index contributed by atoms with van der Waals surface area (Å²) < 4.78 is 40.8. The Morgan fingerprint density at radius 2 is 1.77 bits per heavy atom. The summed E-state index contributed by atoms with van der Waals surface area (Å²) in [4.78, 5) is 11.0. The lowest BCUT2D eigenvalue weighted by atomic mass is 10.1. The van der Waals surface area contributed by atoms with Crippen LogP contribution in [0.15, 0.2) is 54.7 Å². The fourth-order valence-electron chi connectivity index (χ4n) is 2.41. The van der Waals surface area contributed by atoms with Crippen molar-refractivity contribution in [2.45, 2.75) is 6.18 Å². The zero-order chi connectivity index (χ0) is 15.9. The molecule has 1 heterocycles. The highest BCUT2D eigenvalue weighted by Gasteiger charge is 2.33. The number of halogens is 3. The second-order valence-corrected chi connectivity index (χ2v) is 4.78. The quantitative estimate of drug-likeness (QED) is 0.765. The van der Waals surface area contributed by atoms with Crippen LogP contribution in [0, 0.1) is 0 Å². The van der Waals surface area contributed by atoms with E-state index >= 15 is 0 Å². The Balaban J connectivity index is 2.22. The van der Waals surface area contributed by atoms with Gasteiger partial charge in [0.25, 0.3) is 0 Å². The van der Waals surface area contributed by atoms with Gasteiger partial charge in [0.05, 0.1) is 22.3 Å². The number of alkyl halides is 3. The van der Waals surface area contributed by atoms with Gasteiger partial charge >= 0.3 is 12.1 Å². The molecule has 3 rings (SSSR count). The van der Waals surface area contributed by atoms with Gasteiger partial charge in [-0.05, 0) is 36.4 Å². The standard InChI is InChI=1S/C16H10F3NO2/c17-16(18,19)12-3-1-2-4-14(12)20-8-7-10-9-11(15(21)22)5-6-13(10)20/h1-9H,(H,21,22). The highest BCUT2D eigenvalue weighted by molar-refractivity contribution is 5.94. The maximum Gasteiger partial charge on any atom is 0.418 e. The molecule has 0 aliphatic heterocycles. The Labute approximate surface area is 123 Å². The molecule has 112 valence electrons. The van der Waals surface area contributed by atoms with Crippen LogP contribution in [0.3, 0.4) is 0 Å². The van der Waals surface area contributed by atoms with Gasteiger partial charge in [0, 0.05) is 11.6 Å². The van der Waals surface area contributed by atoms with Crippen LogP contribution in [0.1, 0.15) is 15.9 Å². The topological polar surface area (TPSA) is 42.2 Å². The molecule has 0 aliphatic rings. The van der Waals surface area contributed by atoms with Crippen molar-refractivity contribution in [3.05, 3.63) is 65.9 Å². The van der Waals surface area contributed by atoms with Gasteiger partial charge in [-0.2, -0.15) is 13.2 Å². The van der Waals surface area contributed by atoms with Gasteiger partial charge in [-0.25, -0.2) is 4.79 Å². The number of rotatable bonds is 2. The molecule has 1 N–H and O–H groups in total. The number of carbonyl (C=O) groups is 1. The van der Waals surface area contributed by atoms with Crippen LogP contribution in [0.25, 0.3) is 16.6 Å². The molecule has 0 radical (unpaired) electrons. The van der Waals surface area contributed by atoms with Gasteiger partial charge in [0.1, 0.15) is 0 Å². The number of aromatic nitrogens is 1. The zero-order valence-corrected chi connectivity index (χ0v) is 11.1. The van der Waals surface area contributed by atoms with Crippen molar-refractivity contribution in [2.24, 2.45) is 0 Å². The van der Waals surface area contributed by atoms with E-state index in [1.165, 1.54) is 47.2 Å². The van der Waals surface area contributed by atoms with E-state index in [0.29, 0.717) is 10.9 Å². The smallest absolute Gasteiger partial charge is 0.418 e. The third-order valence-corrected chi connectivity index (χ3v) is 3.41. The normalized spacial score (nSPS) is 11.8. The maximum atomic E-state index is 13.1. The summed E-state index contributed by atoms with van der Waals surface area (Å²) in [5, 5.41) is 9.53. The van der Waals surface area contributed by atoms with E-state index in [4.69, 9.17) is 5.11 Å². The van der Waals surface area contributed by atoms with Gasteiger partial charge in [-0.3, -0.25) is 0 Å². The SMILES string of the molecule is O=C(O)c1ccc2c(ccn2-c2ccccc2C(F)(F)F)c1. The van der Waals surface area contributed by atoms with Crippen LogP contribution in [0.2, 0.25) is 0 Å². The van der Waals surface area contributed by atoms with Crippen LogP contribution < -0.4 is 0 Å². The molecule has 6 heteroatoms. The number of benzene rings is 2. The number of fused-ring (bicyclic) bond motifs is 1. The van der Waals surface area contributed by atoms with Crippen molar-refractivity contribution in [1.82, 2.24) is 4.57 Å². The number of hydrogen-bond donors (Lipinski definition) is 1. The highest BCUT2D eigenvalue weighted by Crippen LogP contribution is 2.35. The van der Waals surface area contributed by atoms with E-state index in [-0.39, 0.29) is 11.3 Å². The molecule has 0 saturated carbocycles. The molecule has 0 saturated heterocycles. The molecule has 3 aromatic rings. The van der Waals surface area contributed by atoms with E-state index in [1.807, 2.05) is 0 Å². The number of carboxylic acids is 1. The fourth-order valence-corrected chi connectivity index (χ4v) is 2.41. The molecule has 0 bridgehead atoms. The van der Waals surface area contributed by atoms with Crippen LogP contribution in [0.5, 0.6) is 0 Å². The van der Waals surface area contributed by atoms with Gasteiger partial charge < -0.3 is 9.67 Å². The molecule has 3 nitrogen and oxygen atoms in total. The number of para-hydroxylation sites is 1. The van der Waals surface area contributed by atoms with Gasteiger partial charge in [-0.15, -0.1) is 0 Å². The number of aromatic carboxylic acids is 1. The first-order chi connectivity index (χ1) is 10.4. The first kappa shape index (κ1) is 14.2. The van der Waals surface area contributed by atoms with Crippen molar-refractivity contribution in [1.29, 1.82) is 0 Å². The summed E-state index contributed by atoms with van der Waals surface area (Å²) in [6, 6.07) is 11.2. The van der Waals surface area contributed by atoms with E-state index in [1.54, 1.807) is 6.07 Å². The number of carboxylic acid groups (broad SMARTS) is 1. The van der Waals surface area contributed by atoms with Crippen molar-refractivity contribution in [2.75, 3.05) is 0 Å². The maximum absolute atomic E-state index is 13.1. The minimum atomic E-state index is -4.46. The molecular formula is C16H10F3NO2. The molecule has 2 aromatic carbocycles. The average Bonchev–Trinajstić information content (AvgIpc) is 2.89. The average molecular weight is 305 g/mol. The molecule has 0 amide bonds. The van der Waals surface area contributed by atoms with Crippen LogP contribution in [-0.4, -0.2) is 15.6 Å². The van der Waals surface area contributed by atoms with Crippen molar-refractivity contribution >= 4 is 16.9 Å². The Hall–Kier alpha value is -2.76. The fraction of sp³-hybridized carbons (Fsp3) is 0.0625. The Kier molecular flexibility index (Phi) is 3.16. The van der Waals surface area contributed by atoms with Crippen molar-refractivity contribution in [3.8, 4) is 5.69 Å². The first-order valence-corrected chi connectivity index (χ1v) is 6.39. The Bertz CT molecular complexity index is 865. The third kappa shape index (κ3) is 2.32. The largest absolute Gasteiger partial charge is 0.478 e. The lowest BCUT2D eigenvalue weighted by Gasteiger charge is -2.14. The van der Waals surface area contributed by atoms with Gasteiger partial charge in [0.2, 0.25) is 0 Å². The van der Waals surface area contributed by atoms with Gasteiger partial charge in [-0.1, -0.05) is 12.1 Å². The number of hydrogen-bond acceptors (Lipinski definition) is 1. The van der Waals surface area contributed by atoms with Crippen LogP contribution >= 0.6 is 0 Å². The van der Waals surface area contributed by atoms with E-state index in [9.17, 15) is 18.0 Å². The molecule has 0 fully saturated rings. The zero-order valence-electron chi connectivity index (χ0n) is 11.1. The monoisotopic (exact) mass is 305 g/mol. The summed E-state index contributed by atoms with van der Waals surface area (Å²) in [6.07, 6.45) is -2.96. The van der Waals surface area contributed by atoms with Crippen molar-refractivity contribution in [3.63, 3.8) is 0 Å². The molecule has 0 unspecified atom stereocenters. The third-order valence-electron chi connectivity index (χ3n) is 3.41. The summed E-state index contributed by atoms with van der Waals surface area (Å²) in [5.74, 6) is -1.08. The molecule has 0 atom stereocenters. The molecule has 1 aromatic heterocycles. The molecule has 0 aliphatic carbocycles. The predicted octanol–water partition coefficient (Wildman–Crippen LogP) is 4.35. The minimum Gasteiger partial charge on any atom is -0.478 e. The molecule has 22 heavy (non-hydrogen) atoms. The van der Waals surface area contributed by atoms with Crippen LogP contribution in [0.4, 0.5) is 13.2 Å². The van der Waals surface area contributed by atoms with Crippen LogP contribution in [-0.2, 0) is 6.18 Å². The second-order valence-electron chi connectivity index (χ2n) is 4.78. The lowest BCUT2D eigenvalue weighted by molar-refractivity contribution is -0.137. The summed E-state index contributed by atoms with van der Waals surface area (Å²) in [6.45, 7) is 0. The van der Waals surface area contributed by atoms with Crippen molar-refractivity contribution < 1.29 is 23.1 Å². The highest BCUT2D eigenvalue weighted by atomic mass is 19.4. The second kappa shape index (κ2) is 4.91. The first-order valence-electron chi connectivity index (χ1n) is 6.39. The summed E-state index contributed by atoms with van der Waals surface area (Å²) >= 11 is 0. The van der Waals surface area contributed by atoms with E-state index < -0.39 is 17.7 Å². The molecular weight excluding hydrogens is 295 g/mol. The Morgan fingerprint density at radius 1 is 1.05 bits per heavy atom. The number of nitrogens with zero attached hydrogens (tertiary/aromatic N) is 1. The molecule has 0 spiro atoms. The predicted molar refractivity (Wildman–Crippen MR) is 75.2 cm³/mol. The Morgan fingerprint density at radius 3 is 2.45 bits per heavy atom. The van der Waals surface area contributed by atoms with Gasteiger partial charge in [0.15, 0.2) is 0 Å². The summed E-state index contributed by atoms with van der Waals surface area (Å²) in [5.41, 5.74) is -0.126. The summed E-state index contributed by atoms with van der Waals surface area (Å²) in [7, 11) is 0. The minimum absolute atomic E-state index is 0.00748. The van der Waals surface area contributed by atoms with E-state index in [2.05, 4.69) is 0 Å². The van der Waals surface area contributed by atoms with E-state index in [0.717, 1.165) is 6.07 Å².